The standard InChI is InChI=1S/C10H14F2N2O2S/c1-6-3-8(4-9(13)7(6)2)17(15,16)14-5-10(11)12/h3-4,10,14H,5,13H2,1-2H3. The zero-order valence-corrected chi connectivity index (χ0v) is 10.3. The molecule has 0 aliphatic heterocycles. The van der Waals surface area contributed by atoms with E-state index in [9.17, 15) is 17.2 Å². The summed E-state index contributed by atoms with van der Waals surface area (Å²) in [5.41, 5.74) is 7.43. The van der Waals surface area contributed by atoms with Gasteiger partial charge in [-0.1, -0.05) is 0 Å². The van der Waals surface area contributed by atoms with Crippen molar-refractivity contribution in [2.24, 2.45) is 0 Å². The minimum absolute atomic E-state index is 0.0984. The van der Waals surface area contributed by atoms with Crippen molar-refractivity contribution >= 4 is 15.7 Å². The van der Waals surface area contributed by atoms with Gasteiger partial charge in [0.2, 0.25) is 10.0 Å². The molecule has 0 fully saturated rings. The number of nitrogens with two attached hydrogens (primary N) is 1. The fourth-order valence-corrected chi connectivity index (χ4v) is 2.39. The molecule has 0 aromatic heterocycles. The number of nitrogen functional groups attached to an aromatic ring is 1. The van der Waals surface area contributed by atoms with Crippen LogP contribution in [0.3, 0.4) is 0 Å². The molecule has 7 heteroatoms. The lowest BCUT2D eigenvalue weighted by Crippen LogP contribution is -2.28. The first-order chi connectivity index (χ1) is 7.74. The third-order valence-corrected chi connectivity index (χ3v) is 3.82. The Morgan fingerprint density at radius 2 is 1.94 bits per heavy atom. The molecular weight excluding hydrogens is 250 g/mol. The van der Waals surface area contributed by atoms with E-state index in [0.717, 1.165) is 5.56 Å². The predicted molar refractivity (Wildman–Crippen MR) is 61.5 cm³/mol. The van der Waals surface area contributed by atoms with Gasteiger partial charge in [0.1, 0.15) is 0 Å². The molecule has 1 aromatic rings. The Labute approximate surface area is 98.9 Å². The average Bonchev–Trinajstić information content (AvgIpc) is 2.22. The molecule has 0 bridgehead atoms. The average molecular weight is 264 g/mol. The number of sulfonamides is 1. The molecule has 0 unspecified atom stereocenters. The van der Waals surface area contributed by atoms with Crippen LogP contribution in [0, 0.1) is 13.8 Å². The lowest BCUT2D eigenvalue weighted by molar-refractivity contribution is 0.153. The van der Waals surface area contributed by atoms with Crippen LogP contribution >= 0.6 is 0 Å². The molecule has 4 nitrogen and oxygen atoms in total. The zero-order valence-electron chi connectivity index (χ0n) is 9.50. The molecule has 1 aromatic carbocycles. The molecule has 0 heterocycles. The summed E-state index contributed by atoms with van der Waals surface area (Å²) in [4.78, 5) is -0.0984. The SMILES string of the molecule is Cc1cc(S(=O)(=O)NCC(F)F)cc(N)c1C. The first-order valence-electron chi connectivity index (χ1n) is 4.88. The highest BCUT2D eigenvalue weighted by molar-refractivity contribution is 7.89. The number of hydrogen-bond acceptors (Lipinski definition) is 3. The Balaban J connectivity index is 3.08. The maximum atomic E-state index is 12.0. The van der Waals surface area contributed by atoms with Gasteiger partial charge < -0.3 is 5.73 Å². The van der Waals surface area contributed by atoms with Gasteiger partial charge >= 0.3 is 0 Å². The minimum Gasteiger partial charge on any atom is -0.398 e. The van der Waals surface area contributed by atoms with Crippen LogP contribution in [0.15, 0.2) is 17.0 Å². The van der Waals surface area contributed by atoms with Crippen molar-refractivity contribution in [3.05, 3.63) is 23.3 Å². The van der Waals surface area contributed by atoms with Crippen LogP contribution in [0.1, 0.15) is 11.1 Å². The van der Waals surface area contributed by atoms with Crippen LogP contribution in [-0.2, 0) is 10.0 Å². The maximum Gasteiger partial charge on any atom is 0.251 e. The highest BCUT2D eigenvalue weighted by atomic mass is 32.2. The lowest BCUT2D eigenvalue weighted by Gasteiger charge is -2.10. The molecule has 3 N–H and O–H groups in total. The number of aryl methyl sites for hydroxylation is 1. The van der Waals surface area contributed by atoms with Gasteiger partial charge in [-0.25, -0.2) is 21.9 Å². The molecule has 0 amide bonds. The third-order valence-electron chi connectivity index (χ3n) is 2.42. The molecule has 0 aliphatic rings. The third kappa shape index (κ3) is 3.37. The number of alkyl halides is 2. The highest BCUT2D eigenvalue weighted by Gasteiger charge is 2.17. The van der Waals surface area contributed by atoms with Crippen molar-refractivity contribution in [2.75, 3.05) is 12.3 Å². The Bertz CT molecular complexity index is 492. The number of anilines is 1. The van der Waals surface area contributed by atoms with Crippen LogP contribution < -0.4 is 10.5 Å². The second-order valence-corrected chi connectivity index (χ2v) is 5.46. The summed E-state index contributed by atoms with van der Waals surface area (Å²) in [6, 6.07) is 2.66. The van der Waals surface area contributed by atoms with Gasteiger partial charge in [-0.3, -0.25) is 0 Å². The van der Waals surface area contributed by atoms with Crippen molar-refractivity contribution in [3.8, 4) is 0 Å². The summed E-state index contributed by atoms with van der Waals surface area (Å²) in [6.07, 6.45) is -2.73. The van der Waals surface area contributed by atoms with Gasteiger partial charge in [-0.05, 0) is 37.1 Å². The summed E-state index contributed by atoms with van der Waals surface area (Å²) in [5.74, 6) is 0. The molecule has 0 spiro atoms. The molecule has 0 aliphatic carbocycles. The first-order valence-corrected chi connectivity index (χ1v) is 6.37. The van der Waals surface area contributed by atoms with E-state index in [-0.39, 0.29) is 4.90 Å². The van der Waals surface area contributed by atoms with E-state index in [4.69, 9.17) is 5.73 Å². The quantitative estimate of drug-likeness (QED) is 0.808. The lowest BCUT2D eigenvalue weighted by atomic mass is 10.1. The monoisotopic (exact) mass is 264 g/mol. The molecule has 0 atom stereocenters. The summed E-state index contributed by atoms with van der Waals surface area (Å²) < 4.78 is 49.0. The van der Waals surface area contributed by atoms with Crippen molar-refractivity contribution in [3.63, 3.8) is 0 Å². The summed E-state index contributed by atoms with van der Waals surface area (Å²) >= 11 is 0. The normalized spacial score (nSPS) is 12.1. The van der Waals surface area contributed by atoms with Crippen molar-refractivity contribution in [1.29, 1.82) is 0 Å². The molecule has 0 radical (unpaired) electrons. The number of nitrogens with one attached hydrogen (secondary N) is 1. The topological polar surface area (TPSA) is 72.2 Å². The minimum atomic E-state index is -3.93. The summed E-state index contributed by atoms with van der Waals surface area (Å²) in [5, 5.41) is 0. The van der Waals surface area contributed by atoms with Crippen molar-refractivity contribution in [1.82, 2.24) is 4.72 Å². The Morgan fingerprint density at radius 1 is 1.35 bits per heavy atom. The van der Waals surface area contributed by atoms with E-state index >= 15 is 0 Å². The predicted octanol–water partition coefficient (Wildman–Crippen LogP) is 1.43. The van der Waals surface area contributed by atoms with E-state index in [1.807, 2.05) is 4.72 Å². The summed E-state index contributed by atoms with van der Waals surface area (Å²) in [6.45, 7) is 2.56. The van der Waals surface area contributed by atoms with Crippen LogP contribution in [0.4, 0.5) is 14.5 Å². The van der Waals surface area contributed by atoms with Gasteiger partial charge in [0.05, 0.1) is 11.4 Å². The maximum absolute atomic E-state index is 12.0. The highest BCUT2D eigenvalue weighted by Crippen LogP contribution is 2.21. The Kier molecular flexibility index (Phi) is 4.05. The van der Waals surface area contributed by atoms with Gasteiger partial charge in [0, 0.05) is 5.69 Å². The largest absolute Gasteiger partial charge is 0.398 e. The van der Waals surface area contributed by atoms with Crippen LogP contribution in [-0.4, -0.2) is 21.4 Å². The second-order valence-electron chi connectivity index (χ2n) is 3.70. The van der Waals surface area contributed by atoms with E-state index < -0.39 is 23.0 Å². The Morgan fingerprint density at radius 3 is 2.41 bits per heavy atom. The van der Waals surface area contributed by atoms with E-state index in [1.165, 1.54) is 12.1 Å². The molecular formula is C10H14F2N2O2S. The number of halogens is 2. The van der Waals surface area contributed by atoms with E-state index in [0.29, 0.717) is 11.3 Å². The van der Waals surface area contributed by atoms with Crippen molar-refractivity contribution < 1.29 is 17.2 Å². The fraction of sp³-hybridized carbons (Fsp3) is 0.400. The van der Waals surface area contributed by atoms with Gasteiger partial charge in [0.15, 0.2) is 0 Å². The van der Waals surface area contributed by atoms with Gasteiger partial charge in [-0.2, -0.15) is 0 Å². The molecule has 96 valence electrons. The van der Waals surface area contributed by atoms with E-state index in [2.05, 4.69) is 0 Å². The van der Waals surface area contributed by atoms with Crippen LogP contribution in [0.25, 0.3) is 0 Å². The smallest absolute Gasteiger partial charge is 0.251 e. The summed E-state index contributed by atoms with van der Waals surface area (Å²) in [7, 11) is -3.93. The van der Waals surface area contributed by atoms with Gasteiger partial charge in [-0.15, -0.1) is 0 Å². The fourth-order valence-electron chi connectivity index (χ4n) is 1.26. The molecule has 0 saturated heterocycles. The molecule has 1 rings (SSSR count). The van der Waals surface area contributed by atoms with Crippen LogP contribution in [0.5, 0.6) is 0 Å². The Hall–Kier alpha value is -1.21. The number of hydrogen-bond donors (Lipinski definition) is 2. The first kappa shape index (κ1) is 13.9. The van der Waals surface area contributed by atoms with E-state index in [1.54, 1.807) is 13.8 Å². The zero-order chi connectivity index (χ0) is 13.2. The number of rotatable bonds is 4. The van der Waals surface area contributed by atoms with Gasteiger partial charge in [0.25, 0.3) is 6.43 Å². The van der Waals surface area contributed by atoms with Crippen LogP contribution in [0.2, 0.25) is 0 Å². The molecule has 0 saturated carbocycles. The molecule has 17 heavy (non-hydrogen) atoms. The number of benzene rings is 1. The van der Waals surface area contributed by atoms with Crippen molar-refractivity contribution in [2.45, 2.75) is 25.2 Å². The second kappa shape index (κ2) is 4.97.